The number of nitrogens with two attached hydrogens (primary N) is 1. The van der Waals surface area contributed by atoms with E-state index in [0.717, 1.165) is 32.1 Å². The van der Waals surface area contributed by atoms with Gasteiger partial charge >= 0.3 is 0 Å². The molecule has 1 amide bonds. The SMILES string of the molecule is CCCS(=O)(=O)NC(=O)CC1(N)CCCCC1. The van der Waals surface area contributed by atoms with Crippen LogP contribution in [0, 0.1) is 0 Å². The molecule has 1 rings (SSSR count). The van der Waals surface area contributed by atoms with Gasteiger partial charge in [-0.15, -0.1) is 0 Å². The van der Waals surface area contributed by atoms with Gasteiger partial charge < -0.3 is 5.73 Å². The summed E-state index contributed by atoms with van der Waals surface area (Å²) < 4.78 is 24.9. The Morgan fingerprint density at radius 2 is 1.88 bits per heavy atom. The highest BCUT2D eigenvalue weighted by Gasteiger charge is 2.31. The van der Waals surface area contributed by atoms with Crippen molar-refractivity contribution in [2.24, 2.45) is 5.73 Å². The molecule has 0 heterocycles. The zero-order valence-electron chi connectivity index (χ0n) is 10.4. The van der Waals surface area contributed by atoms with Gasteiger partial charge in [-0.2, -0.15) is 0 Å². The second-order valence-corrected chi connectivity index (χ2v) is 6.79. The summed E-state index contributed by atoms with van der Waals surface area (Å²) >= 11 is 0. The van der Waals surface area contributed by atoms with Gasteiger partial charge in [0.05, 0.1) is 5.75 Å². The van der Waals surface area contributed by atoms with Crippen molar-refractivity contribution in [2.75, 3.05) is 5.75 Å². The number of carbonyl (C=O) groups is 1. The van der Waals surface area contributed by atoms with Gasteiger partial charge in [-0.25, -0.2) is 8.42 Å². The highest BCUT2D eigenvalue weighted by atomic mass is 32.2. The Morgan fingerprint density at radius 3 is 2.41 bits per heavy atom. The van der Waals surface area contributed by atoms with Crippen molar-refractivity contribution in [3.05, 3.63) is 0 Å². The highest BCUT2D eigenvalue weighted by molar-refractivity contribution is 7.90. The Morgan fingerprint density at radius 1 is 1.29 bits per heavy atom. The molecule has 0 aromatic carbocycles. The van der Waals surface area contributed by atoms with Crippen LogP contribution in [0.25, 0.3) is 0 Å². The summed E-state index contributed by atoms with van der Waals surface area (Å²) in [5.74, 6) is -0.487. The van der Waals surface area contributed by atoms with E-state index in [1.165, 1.54) is 0 Å². The van der Waals surface area contributed by atoms with E-state index in [2.05, 4.69) is 4.72 Å². The van der Waals surface area contributed by atoms with Crippen LogP contribution in [-0.2, 0) is 14.8 Å². The van der Waals surface area contributed by atoms with E-state index in [1.807, 2.05) is 0 Å². The first kappa shape index (κ1) is 14.4. The van der Waals surface area contributed by atoms with Crippen LogP contribution >= 0.6 is 0 Å². The smallest absolute Gasteiger partial charge is 0.235 e. The summed E-state index contributed by atoms with van der Waals surface area (Å²) in [6, 6.07) is 0. The zero-order valence-corrected chi connectivity index (χ0v) is 11.2. The average Bonchev–Trinajstić information content (AvgIpc) is 2.15. The maximum Gasteiger partial charge on any atom is 0.235 e. The van der Waals surface area contributed by atoms with Crippen LogP contribution in [-0.4, -0.2) is 25.6 Å². The second-order valence-electron chi connectivity index (χ2n) is 4.94. The molecule has 5 nitrogen and oxygen atoms in total. The van der Waals surface area contributed by atoms with Gasteiger partial charge in [0.15, 0.2) is 0 Å². The van der Waals surface area contributed by atoms with Crippen molar-refractivity contribution >= 4 is 15.9 Å². The highest BCUT2D eigenvalue weighted by Crippen LogP contribution is 2.28. The third-order valence-corrected chi connectivity index (χ3v) is 4.59. The predicted octanol–water partition coefficient (Wildman–Crippen LogP) is 0.894. The van der Waals surface area contributed by atoms with E-state index in [9.17, 15) is 13.2 Å². The predicted molar refractivity (Wildman–Crippen MR) is 66.8 cm³/mol. The average molecular weight is 262 g/mol. The topological polar surface area (TPSA) is 89.3 Å². The van der Waals surface area contributed by atoms with Crippen molar-refractivity contribution in [3.8, 4) is 0 Å². The maximum atomic E-state index is 11.6. The van der Waals surface area contributed by atoms with Crippen LogP contribution in [0.15, 0.2) is 0 Å². The number of hydrogen-bond donors (Lipinski definition) is 2. The number of rotatable bonds is 5. The number of amides is 1. The molecule has 1 aliphatic rings. The van der Waals surface area contributed by atoms with Crippen LogP contribution in [0.2, 0.25) is 0 Å². The second kappa shape index (κ2) is 5.82. The first-order valence-electron chi connectivity index (χ1n) is 6.19. The largest absolute Gasteiger partial charge is 0.325 e. The minimum absolute atomic E-state index is 0.0175. The number of hydrogen-bond acceptors (Lipinski definition) is 4. The standard InChI is InChI=1S/C11H22N2O3S/c1-2-8-17(15,16)13-10(14)9-11(12)6-4-3-5-7-11/h2-9,12H2,1H3,(H,13,14). The van der Waals surface area contributed by atoms with Gasteiger partial charge in [0.25, 0.3) is 0 Å². The van der Waals surface area contributed by atoms with E-state index in [1.54, 1.807) is 6.92 Å². The number of sulfonamides is 1. The zero-order chi connectivity index (χ0) is 12.9. The number of nitrogens with one attached hydrogen (secondary N) is 1. The summed E-state index contributed by atoms with van der Waals surface area (Å²) in [5, 5.41) is 0. The van der Waals surface area contributed by atoms with E-state index < -0.39 is 21.5 Å². The normalized spacial score (nSPS) is 19.9. The van der Waals surface area contributed by atoms with Crippen LogP contribution in [0.1, 0.15) is 51.9 Å². The minimum Gasteiger partial charge on any atom is -0.325 e. The van der Waals surface area contributed by atoms with Crippen LogP contribution in [0.5, 0.6) is 0 Å². The molecule has 0 saturated heterocycles. The molecule has 3 N–H and O–H groups in total. The molecule has 0 atom stereocenters. The number of carbonyl (C=O) groups excluding carboxylic acids is 1. The lowest BCUT2D eigenvalue weighted by atomic mass is 9.80. The van der Waals surface area contributed by atoms with Gasteiger partial charge in [-0.3, -0.25) is 9.52 Å². The third-order valence-electron chi connectivity index (χ3n) is 3.10. The van der Waals surface area contributed by atoms with Crippen LogP contribution in [0.3, 0.4) is 0 Å². The van der Waals surface area contributed by atoms with Gasteiger partial charge in [0.2, 0.25) is 15.9 Å². The molecule has 0 bridgehead atoms. The van der Waals surface area contributed by atoms with E-state index in [-0.39, 0.29) is 12.2 Å². The Balaban J connectivity index is 2.49. The fourth-order valence-electron chi connectivity index (χ4n) is 2.28. The fourth-order valence-corrected chi connectivity index (χ4v) is 3.34. The molecule has 0 radical (unpaired) electrons. The molecule has 6 heteroatoms. The quantitative estimate of drug-likeness (QED) is 0.770. The van der Waals surface area contributed by atoms with Crippen LogP contribution in [0.4, 0.5) is 0 Å². The third kappa shape index (κ3) is 5.04. The molecule has 1 aliphatic carbocycles. The maximum absolute atomic E-state index is 11.6. The lowest BCUT2D eigenvalue weighted by Gasteiger charge is -2.32. The molecule has 0 spiro atoms. The van der Waals surface area contributed by atoms with Gasteiger partial charge in [-0.1, -0.05) is 26.2 Å². The summed E-state index contributed by atoms with van der Waals surface area (Å²) in [5.41, 5.74) is 5.59. The molecule has 0 unspecified atom stereocenters. The molecule has 17 heavy (non-hydrogen) atoms. The fraction of sp³-hybridized carbons (Fsp3) is 0.909. The molecular weight excluding hydrogens is 240 g/mol. The molecule has 1 fully saturated rings. The van der Waals surface area contributed by atoms with Gasteiger partial charge in [0, 0.05) is 12.0 Å². The van der Waals surface area contributed by atoms with Crippen molar-refractivity contribution in [1.29, 1.82) is 0 Å². The first-order chi connectivity index (χ1) is 7.87. The first-order valence-corrected chi connectivity index (χ1v) is 7.84. The summed E-state index contributed by atoms with van der Waals surface area (Å²) in [7, 11) is -3.46. The summed E-state index contributed by atoms with van der Waals surface area (Å²) in [6.07, 6.45) is 5.39. The van der Waals surface area contributed by atoms with Crippen molar-refractivity contribution in [2.45, 2.75) is 57.4 Å². The van der Waals surface area contributed by atoms with E-state index in [0.29, 0.717) is 6.42 Å². The van der Waals surface area contributed by atoms with Crippen molar-refractivity contribution in [3.63, 3.8) is 0 Å². The monoisotopic (exact) mass is 262 g/mol. The van der Waals surface area contributed by atoms with Crippen LogP contribution < -0.4 is 10.5 Å². The molecule has 1 saturated carbocycles. The molecule has 0 aromatic rings. The summed E-state index contributed by atoms with van der Waals surface area (Å²) in [4.78, 5) is 11.6. The Bertz CT molecular complexity index is 359. The van der Waals surface area contributed by atoms with Crippen molar-refractivity contribution in [1.82, 2.24) is 4.72 Å². The van der Waals surface area contributed by atoms with Gasteiger partial charge in [-0.05, 0) is 19.3 Å². The molecular formula is C11H22N2O3S. The van der Waals surface area contributed by atoms with Gasteiger partial charge in [0.1, 0.15) is 0 Å². The van der Waals surface area contributed by atoms with E-state index >= 15 is 0 Å². The Hall–Kier alpha value is -0.620. The molecule has 100 valence electrons. The Labute approximate surface area is 103 Å². The lowest BCUT2D eigenvalue weighted by molar-refractivity contribution is -0.120. The molecule has 0 aromatic heterocycles. The summed E-state index contributed by atoms with van der Waals surface area (Å²) in [6.45, 7) is 1.76. The van der Waals surface area contributed by atoms with Crippen molar-refractivity contribution < 1.29 is 13.2 Å². The molecule has 0 aliphatic heterocycles. The Kier molecular flexibility index (Phi) is 4.94. The lowest BCUT2D eigenvalue weighted by Crippen LogP contribution is -2.47. The van der Waals surface area contributed by atoms with E-state index in [4.69, 9.17) is 5.73 Å². The minimum atomic E-state index is -3.46.